The van der Waals surface area contributed by atoms with Gasteiger partial charge in [0.1, 0.15) is 0 Å². The molecule has 24 heavy (non-hydrogen) atoms. The summed E-state index contributed by atoms with van der Waals surface area (Å²) in [6.45, 7) is 0.991. The molecule has 1 saturated heterocycles. The Labute approximate surface area is 144 Å². The third-order valence-electron chi connectivity index (χ3n) is 5.14. The number of primary amides is 1. The quantitative estimate of drug-likeness (QED) is 0.854. The summed E-state index contributed by atoms with van der Waals surface area (Å²) in [5.74, 6) is 0.410. The number of hydrogen-bond donors (Lipinski definition) is 2. The topological polar surface area (TPSA) is 55.1 Å². The van der Waals surface area contributed by atoms with E-state index in [-0.39, 0.29) is 11.4 Å². The summed E-state index contributed by atoms with van der Waals surface area (Å²) in [7, 11) is 0. The Morgan fingerprint density at radius 1 is 1.04 bits per heavy atom. The van der Waals surface area contributed by atoms with Crippen LogP contribution in [0.2, 0.25) is 0 Å². The molecule has 1 fully saturated rings. The number of carbonyl (C=O) groups excluding carboxylic acids is 1. The van der Waals surface area contributed by atoms with Crippen LogP contribution in [0.5, 0.6) is 0 Å². The van der Waals surface area contributed by atoms with Gasteiger partial charge in [0.25, 0.3) is 0 Å². The van der Waals surface area contributed by atoms with Crippen LogP contribution in [0, 0.1) is 5.92 Å². The van der Waals surface area contributed by atoms with Crippen LogP contribution in [0.1, 0.15) is 43.2 Å². The van der Waals surface area contributed by atoms with Gasteiger partial charge < -0.3 is 11.1 Å². The minimum absolute atomic E-state index is 0.141. The van der Waals surface area contributed by atoms with E-state index in [1.54, 1.807) is 0 Å². The van der Waals surface area contributed by atoms with E-state index in [0.717, 1.165) is 32.2 Å². The SMILES string of the molecule is NC(=O)CCCC1CCNC(c2ccccc2)(c2ccccc2)C1. The predicted molar refractivity (Wildman–Crippen MR) is 97.4 cm³/mol. The molecule has 0 radical (unpaired) electrons. The first-order valence-corrected chi connectivity index (χ1v) is 8.85. The highest BCUT2D eigenvalue weighted by atomic mass is 16.1. The van der Waals surface area contributed by atoms with E-state index in [1.165, 1.54) is 11.1 Å². The molecule has 2 aromatic rings. The van der Waals surface area contributed by atoms with Gasteiger partial charge in [-0.25, -0.2) is 0 Å². The number of hydrogen-bond acceptors (Lipinski definition) is 2. The molecule has 3 N–H and O–H groups in total. The fourth-order valence-electron chi connectivity index (χ4n) is 3.96. The van der Waals surface area contributed by atoms with Gasteiger partial charge in [-0.3, -0.25) is 4.79 Å². The average molecular weight is 322 g/mol. The van der Waals surface area contributed by atoms with Crippen molar-refractivity contribution in [2.24, 2.45) is 11.7 Å². The number of carbonyl (C=O) groups is 1. The Balaban J connectivity index is 1.87. The maximum atomic E-state index is 11.0. The maximum absolute atomic E-state index is 11.0. The molecule has 0 saturated carbocycles. The van der Waals surface area contributed by atoms with E-state index >= 15 is 0 Å². The molecule has 1 amide bonds. The molecule has 1 aliphatic rings. The van der Waals surface area contributed by atoms with Crippen LogP contribution in [-0.2, 0) is 10.3 Å². The van der Waals surface area contributed by atoms with Crippen LogP contribution in [0.15, 0.2) is 60.7 Å². The monoisotopic (exact) mass is 322 g/mol. The van der Waals surface area contributed by atoms with E-state index in [0.29, 0.717) is 12.3 Å². The fourth-order valence-corrected chi connectivity index (χ4v) is 3.96. The molecule has 1 heterocycles. The van der Waals surface area contributed by atoms with Gasteiger partial charge in [-0.2, -0.15) is 0 Å². The Kier molecular flexibility index (Phi) is 5.31. The summed E-state index contributed by atoms with van der Waals surface area (Å²) >= 11 is 0. The molecule has 0 aliphatic carbocycles. The Hall–Kier alpha value is -2.13. The van der Waals surface area contributed by atoms with Crippen molar-refractivity contribution in [3.63, 3.8) is 0 Å². The number of benzene rings is 2. The molecule has 1 unspecified atom stereocenters. The van der Waals surface area contributed by atoms with Gasteiger partial charge in [0, 0.05) is 6.42 Å². The largest absolute Gasteiger partial charge is 0.370 e. The maximum Gasteiger partial charge on any atom is 0.217 e. The van der Waals surface area contributed by atoms with Crippen molar-refractivity contribution in [2.45, 2.75) is 37.6 Å². The van der Waals surface area contributed by atoms with Crippen LogP contribution in [0.25, 0.3) is 0 Å². The Morgan fingerprint density at radius 3 is 2.17 bits per heavy atom. The molecule has 126 valence electrons. The van der Waals surface area contributed by atoms with Crippen LogP contribution in [-0.4, -0.2) is 12.5 Å². The van der Waals surface area contributed by atoms with Gasteiger partial charge in [0.2, 0.25) is 5.91 Å². The lowest BCUT2D eigenvalue weighted by Gasteiger charge is -2.43. The number of nitrogens with one attached hydrogen (secondary N) is 1. The average Bonchev–Trinajstić information content (AvgIpc) is 2.63. The first kappa shape index (κ1) is 16.7. The first-order chi connectivity index (χ1) is 11.7. The van der Waals surface area contributed by atoms with Crippen molar-refractivity contribution in [3.05, 3.63) is 71.8 Å². The van der Waals surface area contributed by atoms with Crippen LogP contribution < -0.4 is 11.1 Å². The minimum Gasteiger partial charge on any atom is -0.370 e. The highest BCUT2D eigenvalue weighted by Crippen LogP contribution is 2.40. The number of nitrogens with two attached hydrogens (primary N) is 1. The second kappa shape index (κ2) is 7.63. The molecule has 1 aliphatic heterocycles. The number of piperidine rings is 1. The molecular formula is C21H26N2O. The zero-order valence-electron chi connectivity index (χ0n) is 14.1. The molecule has 3 heteroatoms. The molecule has 0 aromatic heterocycles. The van der Waals surface area contributed by atoms with Crippen molar-refractivity contribution in [1.29, 1.82) is 0 Å². The summed E-state index contributed by atoms with van der Waals surface area (Å²) in [5, 5.41) is 3.80. The molecule has 3 rings (SSSR count). The van der Waals surface area contributed by atoms with Crippen LogP contribution >= 0.6 is 0 Å². The molecule has 1 atom stereocenters. The number of amides is 1. The van der Waals surface area contributed by atoms with Gasteiger partial charge >= 0.3 is 0 Å². The minimum atomic E-state index is -0.193. The Morgan fingerprint density at radius 2 is 1.62 bits per heavy atom. The van der Waals surface area contributed by atoms with Gasteiger partial charge in [-0.1, -0.05) is 60.7 Å². The van der Waals surface area contributed by atoms with E-state index in [2.05, 4.69) is 66.0 Å². The van der Waals surface area contributed by atoms with Crippen molar-refractivity contribution in [1.82, 2.24) is 5.32 Å². The van der Waals surface area contributed by atoms with E-state index in [4.69, 9.17) is 5.73 Å². The van der Waals surface area contributed by atoms with Gasteiger partial charge in [0.05, 0.1) is 5.54 Å². The summed E-state index contributed by atoms with van der Waals surface area (Å²) in [6, 6.07) is 21.4. The highest BCUT2D eigenvalue weighted by molar-refractivity contribution is 5.73. The second-order valence-corrected chi connectivity index (χ2v) is 6.78. The van der Waals surface area contributed by atoms with E-state index in [9.17, 15) is 4.79 Å². The van der Waals surface area contributed by atoms with Gasteiger partial charge in [-0.05, 0) is 49.3 Å². The molecular weight excluding hydrogens is 296 g/mol. The zero-order chi connectivity index (χ0) is 16.8. The van der Waals surface area contributed by atoms with Crippen LogP contribution in [0.4, 0.5) is 0 Å². The number of rotatable bonds is 6. The lowest BCUT2D eigenvalue weighted by atomic mass is 9.72. The third kappa shape index (κ3) is 3.68. The molecule has 0 spiro atoms. The van der Waals surface area contributed by atoms with Gasteiger partial charge in [-0.15, -0.1) is 0 Å². The lowest BCUT2D eigenvalue weighted by molar-refractivity contribution is -0.118. The molecule has 2 aromatic carbocycles. The van der Waals surface area contributed by atoms with Crippen LogP contribution in [0.3, 0.4) is 0 Å². The van der Waals surface area contributed by atoms with Crippen molar-refractivity contribution in [2.75, 3.05) is 6.54 Å². The smallest absolute Gasteiger partial charge is 0.217 e. The lowest BCUT2D eigenvalue weighted by Crippen LogP contribution is -2.49. The van der Waals surface area contributed by atoms with Crippen molar-refractivity contribution < 1.29 is 4.79 Å². The van der Waals surface area contributed by atoms with Crippen molar-refractivity contribution in [3.8, 4) is 0 Å². The third-order valence-corrected chi connectivity index (χ3v) is 5.14. The van der Waals surface area contributed by atoms with Gasteiger partial charge in [0.15, 0.2) is 0 Å². The van der Waals surface area contributed by atoms with E-state index < -0.39 is 0 Å². The normalized spacial score (nSPS) is 19.8. The highest BCUT2D eigenvalue weighted by Gasteiger charge is 2.38. The fraction of sp³-hybridized carbons (Fsp3) is 0.381. The molecule has 3 nitrogen and oxygen atoms in total. The summed E-state index contributed by atoms with van der Waals surface area (Å²) in [5.41, 5.74) is 7.78. The summed E-state index contributed by atoms with van der Waals surface area (Å²) in [6.07, 6.45) is 4.65. The van der Waals surface area contributed by atoms with Crippen molar-refractivity contribution >= 4 is 5.91 Å². The predicted octanol–water partition coefficient (Wildman–Crippen LogP) is 3.59. The Bertz CT molecular complexity index is 615. The summed E-state index contributed by atoms with van der Waals surface area (Å²) < 4.78 is 0. The zero-order valence-corrected chi connectivity index (χ0v) is 14.1. The second-order valence-electron chi connectivity index (χ2n) is 6.78. The molecule has 0 bridgehead atoms. The first-order valence-electron chi connectivity index (χ1n) is 8.85. The summed E-state index contributed by atoms with van der Waals surface area (Å²) in [4.78, 5) is 11.0. The standard InChI is InChI=1S/C21H26N2O/c22-20(24)13-7-8-17-14-15-23-21(16-17,18-9-3-1-4-10-18)19-11-5-2-6-12-19/h1-6,9-12,17,23H,7-8,13-16H2,(H2,22,24). The van der Waals surface area contributed by atoms with E-state index in [1.807, 2.05) is 0 Å².